The number of anilines is 1. The molecule has 2 rings (SSSR count). The van der Waals surface area contributed by atoms with Crippen LogP contribution in [0.5, 0.6) is 0 Å². The summed E-state index contributed by atoms with van der Waals surface area (Å²) in [5.74, 6) is 0.806. The molecule has 1 saturated carbocycles. The number of hydrogen-bond donors (Lipinski definition) is 1. The van der Waals surface area contributed by atoms with Gasteiger partial charge in [-0.2, -0.15) is 0 Å². The lowest BCUT2D eigenvalue weighted by Crippen LogP contribution is -2.30. The summed E-state index contributed by atoms with van der Waals surface area (Å²) in [6, 6.07) is 9.01. The van der Waals surface area contributed by atoms with Gasteiger partial charge in [0, 0.05) is 16.2 Å². The molecule has 1 aliphatic carbocycles. The van der Waals surface area contributed by atoms with Crippen molar-refractivity contribution >= 4 is 21.6 Å². The Bertz CT molecular complexity index is 365. The van der Waals surface area contributed by atoms with E-state index >= 15 is 0 Å². The Morgan fingerprint density at radius 3 is 2.50 bits per heavy atom. The Morgan fingerprint density at radius 2 is 1.89 bits per heavy atom. The van der Waals surface area contributed by atoms with Gasteiger partial charge in [0.2, 0.25) is 0 Å². The van der Waals surface area contributed by atoms with Gasteiger partial charge in [-0.3, -0.25) is 0 Å². The second-order valence-electron chi connectivity index (χ2n) is 5.18. The molecule has 1 fully saturated rings. The fraction of sp³-hybridized carbons (Fsp3) is 0.500. The number of nitrogens with one attached hydrogen (secondary N) is 1. The summed E-state index contributed by atoms with van der Waals surface area (Å²) < 4.78 is 1.13. The van der Waals surface area contributed by atoms with Crippen LogP contribution >= 0.6 is 15.9 Å². The summed E-state index contributed by atoms with van der Waals surface area (Å²) >= 11 is 3.48. The third kappa shape index (κ3) is 3.88. The van der Waals surface area contributed by atoms with E-state index in [1.807, 2.05) is 6.08 Å². The summed E-state index contributed by atoms with van der Waals surface area (Å²) in [6.45, 7) is 3.90. The van der Waals surface area contributed by atoms with Gasteiger partial charge >= 0.3 is 0 Å². The molecule has 1 aromatic rings. The van der Waals surface area contributed by atoms with Crippen LogP contribution in [0.3, 0.4) is 0 Å². The second kappa shape index (κ2) is 6.98. The van der Waals surface area contributed by atoms with Crippen molar-refractivity contribution in [2.24, 2.45) is 5.92 Å². The molecule has 1 aromatic carbocycles. The molecule has 98 valence electrons. The van der Waals surface area contributed by atoms with E-state index in [2.05, 4.69) is 52.1 Å². The molecule has 0 aromatic heterocycles. The number of rotatable bonds is 5. The summed E-state index contributed by atoms with van der Waals surface area (Å²) in [5, 5.41) is 3.68. The van der Waals surface area contributed by atoms with Crippen LogP contribution in [-0.2, 0) is 0 Å². The maximum Gasteiger partial charge on any atom is 0.0343 e. The molecule has 1 atom stereocenters. The fourth-order valence-corrected chi connectivity index (χ4v) is 3.11. The highest BCUT2D eigenvalue weighted by Crippen LogP contribution is 2.30. The minimum atomic E-state index is 0.545. The number of benzene rings is 1. The van der Waals surface area contributed by atoms with Crippen molar-refractivity contribution in [3.63, 3.8) is 0 Å². The largest absolute Gasteiger partial charge is 0.382 e. The molecule has 2 heteroatoms. The fourth-order valence-electron chi connectivity index (χ4n) is 2.85. The van der Waals surface area contributed by atoms with E-state index in [1.165, 1.54) is 37.8 Å². The Morgan fingerprint density at radius 1 is 1.22 bits per heavy atom. The quantitative estimate of drug-likeness (QED) is 0.719. The Hall–Kier alpha value is -0.760. The van der Waals surface area contributed by atoms with E-state index < -0.39 is 0 Å². The second-order valence-corrected chi connectivity index (χ2v) is 6.10. The molecule has 0 heterocycles. The molecule has 1 aliphatic rings. The van der Waals surface area contributed by atoms with Crippen LogP contribution in [0.1, 0.15) is 38.5 Å². The Kier molecular flexibility index (Phi) is 5.30. The minimum Gasteiger partial charge on any atom is -0.382 e. The van der Waals surface area contributed by atoms with Crippen LogP contribution in [0.2, 0.25) is 0 Å². The summed E-state index contributed by atoms with van der Waals surface area (Å²) in [7, 11) is 0. The lowest BCUT2D eigenvalue weighted by Gasteiger charge is -2.31. The van der Waals surface area contributed by atoms with Gasteiger partial charge in [0.15, 0.2) is 0 Å². The van der Waals surface area contributed by atoms with E-state index in [0.29, 0.717) is 6.04 Å². The first-order chi connectivity index (χ1) is 8.79. The molecule has 0 radical (unpaired) electrons. The number of halogens is 1. The third-order valence-corrected chi connectivity index (χ3v) is 4.36. The minimum absolute atomic E-state index is 0.545. The van der Waals surface area contributed by atoms with Crippen molar-refractivity contribution in [1.82, 2.24) is 0 Å². The maximum atomic E-state index is 3.90. The van der Waals surface area contributed by atoms with Crippen molar-refractivity contribution in [2.45, 2.75) is 44.6 Å². The maximum absolute atomic E-state index is 3.90. The third-order valence-electron chi connectivity index (χ3n) is 3.84. The van der Waals surface area contributed by atoms with Gasteiger partial charge in [-0.05, 0) is 49.4 Å². The van der Waals surface area contributed by atoms with Crippen LogP contribution in [0.25, 0.3) is 0 Å². The van der Waals surface area contributed by atoms with Gasteiger partial charge in [-0.25, -0.2) is 0 Å². The SMILES string of the molecule is C=CC[C@H](Nc1ccc(Br)cc1)C1CCCCC1. The van der Waals surface area contributed by atoms with Crippen LogP contribution in [0.4, 0.5) is 5.69 Å². The zero-order valence-corrected chi connectivity index (χ0v) is 12.5. The molecular weight excluding hydrogens is 286 g/mol. The lowest BCUT2D eigenvalue weighted by atomic mass is 9.82. The summed E-state index contributed by atoms with van der Waals surface area (Å²) in [6.07, 6.45) is 10.0. The number of hydrogen-bond acceptors (Lipinski definition) is 1. The molecule has 0 spiro atoms. The van der Waals surface area contributed by atoms with Crippen LogP contribution in [-0.4, -0.2) is 6.04 Å². The Labute approximate surface area is 119 Å². The highest BCUT2D eigenvalue weighted by molar-refractivity contribution is 9.10. The van der Waals surface area contributed by atoms with E-state index in [9.17, 15) is 0 Å². The molecule has 0 saturated heterocycles. The highest BCUT2D eigenvalue weighted by Gasteiger charge is 2.22. The standard InChI is InChI=1S/C16H22BrN/c1-2-6-16(13-7-4-3-5-8-13)18-15-11-9-14(17)10-12-15/h2,9-13,16,18H,1,3-8H2/t16-/m0/s1. The van der Waals surface area contributed by atoms with Gasteiger partial charge < -0.3 is 5.32 Å². The first kappa shape index (κ1) is 13.7. The molecule has 1 nitrogen and oxygen atoms in total. The van der Waals surface area contributed by atoms with Crippen LogP contribution in [0, 0.1) is 5.92 Å². The van der Waals surface area contributed by atoms with E-state index in [4.69, 9.17) is 0 Å². The Balaban J connectivity index is 2.00. The predicted octanol–water partition coefficient (Wildman–Crippen LogP) is 5.39. The smallest absolute Gasteiger partial charge is 0.0343 e. The van der Waals surface area contributed by atoms with Crippen LogP contribution in [0.15, 0.2) is 41.4 Å². The zero-order valence-electron chi connectivity index (χ0n) is 10.9. The van der Waals surface area contributed by atoms with Crippen molar-refractivity contribution in [3.8, 4) is 0 Å². The van der Waals surface area contributed by atoms with E-state index in [-0.39, 0.29) is 0 Å². The normalized spacial score (nSPS) is 18.3. The lowest BCUT2D eigenvalue weighted by molar-refractivity contribution is 0.318. The zero-order chi connectivity index (χ0) is 12.8. The highest BCUT2D eigenvalue weighted by atomic mass is 79.9. The predicted molar refractivity (Wildman–Crippen MR) is 82.9 cm³/mol. The molecule has 0 amide bonds. The van der Waals surface area contributed by atoms with Crippen molar-refractivity contribution in [2.75, 3.05) is 5.32 Å². The molecule has 0 unspecified atom stereocenters. The first-order valence-corrected chi connectivity index (χ1v) is 7.72. The monoisotopic (exact) mass is 307 g/mol. The van der Waals surface area contributed by atoms with Crippen LogP contribution < -0.4 is 5.32 Å². The van der Waals surface area contributed by atoms with Crippen molar-refractivity contribution < 1.29 is 0 Å². The molecule has 18 heavy (non-hydrogen) atoms. The van der Waals surface area contributed by atoms with E-state index in [0.717, 1.165) is 16.8 Å². The molecular formula is C16H22BrN. The molecule has 1 N–H and O–H groups in total. The summed E-state index contributed by atoms with van der Waals surface area (Å²) in [5.41, 5.74) is 1.22. The topological polar surface area (TPSA) is 12.0 Å². The first-order valence-electron chi connectivity index (χ1n) is 6.92. The van der Waals surface area contributed by atoms with Gasteiger partial charge in [0.25, 0.3) is 0 Å². The van der Waals surface area contributed by atoms with E-state index in [1.54, 1.807) is 0 Å². The van der Waals surface area contributed by atoms with Gasteiger partial charge in [0.05, 0.1) is 0 Å². The average Bonchev–Trinajstić information content (AvgIpc) is 2.42. The van der Waals surface area contributed by atoms with Gasteiger partial charge in [0.1, 0.15) is 0 Å². The average molecular weight is 308 g/mol. The van der Waals surface area contributed by atoms with Crippen molar-refractivity contribution in [1.29, 1.82) is 0 Å². The molecule has 0 aliphatic heterocycles. The summed E-state index contributed by atoms with van der Waals surface area (Å²) in [4.78, 5) is 0. The van der Waals surface area contributed by atoms with Gasteiger partial charge in [-0.15, -0.1) is 6.58 Å². The van der Waals surface area contributed by atoms with Gasteiger partial charge in [-0.1, -0.05) is 41.3 Å². The van der Waals surface area contributed by atoms with Crippen molar-refractivity contribution in [3.05, 3.63) is 41.4 Å². The molecule has 0 bridgehead atoms.